The van der Waals surface area contributed by atoms with Gasteiger partial charge in [-0.3, -0.25) is 0 Å². The van der Waals surface area contributed by atoms with Crippen molar-refractivity contribution in [2.45, 2.75) is 33.2 Å². The van der Waals surface area contributed by atoms with Gasteiger partial charge in [0.1, 0.15) is 0 Å². The molecule has 1 aromatic rings. The van der Waals surface area contributed by atoms with Crippen LogP contribution < -0.4 is 5.32 Å². The molecule has 0 saturated carbocycles. The van der Waals surface area contributed by atoms with Crippen molar-refractivity contribution in [1.82, 2.24) is 5.32 Å². The molecule has 1 aromatic carbocycles. The average Bonchev–Trinajstić information content (AvgIpc) is 2.56. The molecule has 1 aliphatic carbocycles. The van der Waals surface area contributed by atoms with Gasteiger partial charge < -0.3 is 5.32 Å². The zero-order valence-corrected chi connectivity index (χ0v) is 9.67. The molecular weight excluding hydrogens is 170 g/mol. The third-order valence-corrected chi connectivity index (χ3v) is 2.81. The third-order valence-electron chi connectivity index (χ3n) is 2.81. The van der Waals surface area contributed by atoms with E-state index in [2.05, 4.69) is 36.5 Å². The number of hydrogen-bond acceptors (Lipinski definition) is 1. The topological polar surface area (TPSA) is 12.0 Å². The van der Waals surface area contributed by atoms with Crippen LogP contribution in [0.15, 0.2) is 24.3 Å². The molecule has 1 nitrogen and oxygen atoms in total. The summed E-state index contributed by atoms with van der Waals surface area (Å²) in [6.45, 7) is 6.31. The first-order valence-corrected chi connectivity index (χ1v) is 5.58. The van der Waals surface area contributed by atoms with E-state index in [1.807, 2.05) is 20.9 Å². The van der Waals surface area contributed by atoms with Crippen molar-refractivity contribution >= 4 is 0 Å². The Hall–Kier alpha value is -0.820. The summed E-state index contributed by atoms with van der Waals surface area (Å²) in [5.41, 5.74) is 3.01. The van der Waals surface area contributed by atoms with Crippen LogP contribution in [-0.4, -0.2) is 7.05 Å². The van der Waals surface area contributed by atoms with Crippen LogP contribution in [0.1, 0.15) is 37.9 Å². The van der Waals surface area contributed by atoms with Gasteiger partial charge in [0, 0.05) is 6.04 Å². The lowest BCUT2D eigenvalue weighted by Gasteiger charge is -2.14. The number of rotatable bonds is 1. The summed E-state index contributed by atoms with van der Waals surface area (Å²) in [7, 11) is 2.04. The Balaban J connectivity index is 0.000000461. The Morgan fingerprint density at radius 3 is 2.50 bits per heavy atom. The predicted octanol–water partition coefficient (Wildman–Crippen LogP) is 3.17. The molecule has 2 atom stereocenters. The normalized spacial score (nSPS) is 23.7. The molecule has 14 heavy (non-hydrogen) atoms. The van der Waals surface area contributed by atoms with E-state index < -0.39 is 0 Å². The summed E-state index contributed by atoms with van der Waals surface area (Å²) in [4.78, 5) is 0. The van der Waals surface area contributed by atoms with E-state index in [0.717, 1.165) is 5.92 Å². The average molecular weight is 191 g/mol. The van der Waals surface area contributed by atoms with Gasteiger partial charge in [-0.1, -0.05) is 45.0 Å². The predicted molar refractivity (Wildman–Crippen MR) is 62.5 cm³/mol. The van der Waals surface area contributed by atoms with Crippen molar-refractivity contribution in [3.63, 3.8) is 0 Å². The molecule has 1 N–H and O–H groups in total. The lowest BCUT2D eigenvalue weighted by molar-refractivity contribution is 0.447. The second kappa shape index (κ2) is 5.16. The summed E-state index contributed by atoms with van der Waals surface area (Å²) >= 11 is 0. The Kier molecular flexibility index (Phi) is 4.15. The minimum atomic E-state index is 0.571. The first-order chi connectivity index (χ1) is 6.83. The molecule has 0 spiro atoms. The molecule has 0 aromatic heterocycles. The maximum Gasteiger partial charge on any atom is 0.0349 e. The van der Waals surface area contributed by atoms with Crippen molar-refractivity contribution in [2.75, 3.05) is 7.05 Å². The van der Waals surface area contributed by atoms with Crippen molar-refractivity contribution < 1.29 is 0 Å². The Morgan fingerprint density at radius 2 is 1.86 bits per heavy atom. The first kappa shape index (κ1) is 11.3. The molecule has 0 aliphatic heterocycles. The molecule has 2 rings (SSSR count). The minimum absolute atomic E-state index is 0.571. The van der Waals surface area contributed by atoms with Gasteiger partial charge in [-0.2, -0.15) is 0 Å². The number of benzene rings is 1. The van der Waals surface area contributed by atoms with Gasteiger partial charge in [0.25, 0.3) is 0 Å². The highest BCUT2D eigenvalue weighted by Gasteiger charge is 2.26. The van der Waals surface area contributed by atoms with E-state index in [4.69, 9.17) is 0 Å². The van der Waals surface area contributed by atoms with Crippen LogP contribution in [0.5, 0.6) is 0 Å². The lowest BCUT2D eigenvalue weighted by Crippen LogP contribution is -2.19. The summed E-state index contributed by atoms with van der Waals surface area (Å²) < 4.78 is 0. The Morgan fingerprint density at radius 1 is 1.21 bits per heavy atom. The zero-order valence-electron chi connectivity index (χ0n) is 9.67. The van der Waals surface area contributed by atoms with Crippen LogP contribution in [-0.2, 0) is 6.42 Å². The first-order valence-electron chi connectivity index (χ1n) is 5.58. The van der Waals surface area contributed by atoms with Crippen LogP contribution in [0.25, 0.3) is 0 Å². The molecule has 0 saturated heterocycles. The van der Waals surface area contributed by atoms with Gasteiger partial charge in [0.2, 0.25) is 0 Å². The number of fused-ring (bicyclic) bond motifs is 1. The van der Waals surface area contributed by atoms with Gasteiger partial charge >= 0.3 is 0 Å². The summed E-state index contributed by atoms with van der Waals surface area (Å²) in [6, 6.07) is 9.30. The highest BCUT2D eigenvalue weighted by atomic mass is 14.9. The van der Waals surface area contributed by atoms with Crippen molar-refractivity contribution in [1.29, 1.82) is 0 Å². The zero-order chi connectivity index (χ0) is 10.6. The van der Waals surface area contributed by atoms with E-state index >= 15 is 0 Å². The van der Waals surface area contributed by atoms with Crippen LogP contribution in [0.2, 0.25) is 0 Å². The second-order valence-electron chi connectivity index (χ2n) is 3.65. The molecule has 78 valence electrons. The standard InChI is InChI=1S/C11H15N.C2H6/c1-8-7-9-5-3-4-6-10(9)11(8)12-2;1-2/h3-6,8,11-12H,7H2,1-2H3;1-2H3. The molecule has 0 fully saturated rings. The highest BCUT2D eigenvalue weighted by Crippen LogP contribution is 2.34. The highest BCUT2D eigenvalue weighted by molar-refractivity contribution is 5.35. The fourth-order valence-corrected chi connectivity index (χ4v) is 2.23. The summed E-state index contributed by atoms with van der Waals surface area (Å²) in [5, 5.41) is 3.37. The largest absolute Gasteiger partial charge is 0.313 e. The van der Waals surface area contributed by atoms with Crippen LogP contribution in [0, 0.1) is 5.92 Å². The molecule has 0 bridgehead atoms. The van der Waals surface area contributed by atoms with Crippen molar-refractivity contribution in [2.24, 2.45) is 5.92 Å². The Labute approximate surface area is 87.5 Å². The van der Waals surface area contributed by atoms with Crippen molar-refractivity contribution in [3.8, 4) is 0 Å². The van der Waals surface area contributed by atoms with Crippen LogP contribution in [0.3, 0.4) is 0 Å². The SMILES string of the molecule is CC.CNC1c2ccccc2CC1C. The number of hydrogen-bond donors (Lipinski definition) is 1. The maximum absolute atomic E-state index is 3.37. The fourth-order valence-electron chi connectivity index (χ4n) is 2.23. The molecular formula is C13H21N. The molecule has 2 unspecified atom stereocenters. The number of nitrogens with one attached hydrogen (secondary N) is 1. The van der Waals surface area contributed by atoms with E-state index in [1.165, 1.54) is 17.5 Å². The van der Waals surface area contributed by atoms with Crippen LogP contribution >= 0.6 is 0 Å². The van der Waals surface area contributed by atoms with Gasteiger partial charge in [-0.05, 0) is 30.5 Å². The fraction of sp³-hybridized carbons (Fsp3) is 0.538. The maximum atomic E-state index is 3.37. The monoisotopic (exact) mass is 191 g/mol. The van der Waals surface area contributed by atoms with Gasteiger partial charge in [0.15, 0.2) is 0 Å². The second-order valence-corrected chi connectivity index (χ2v) is 3.65. The molecule has 0 radical (unpaired) electrons. The van der Waals surface area contributed by atoms with E-state index in [-0.39, 0.29) is 0 Å². The Bertz CT molecular complexity index is 280. The van der Waals surface area contributed by atoms with Gasteiger partial charge in [0.05, 0.1) is 0 Å². The third kappa shape index (κ3) is 1.98. The van der Waals surface area contributed by atoms with E-state index in [1.54, 1.807) is 0 Å². The van der Waals surface area contributed by atoms with Gasteiger partial charge in [-0.15, -0.1) is 0 Å². The van der Waals surface area contributed by atoms with Gasteiger partial charge in [-0.25, -0.2) is 0 Å². The van der Waals surface area contributed by atoms with E-state index in [0.29, 0.717) is 6.04 Å². The summed E-state index contributed by atoms with van der Waals surface area (Å²) in [6.07, 6.45) is 1.22. The van der Waals surface area contributed by atoms with E-state index in [9.17, 15) is 0 Å². The molecule has 1 heteroatoms. The lowest BCUT2D eigenvalue weighted by atomic mass is 10.0. The smallest absolute Gasteiger partial charge is 0.0349 e. The minimum Gasteiger partial charge on any atom is -0.313 e. The van der Waals surface area contributed by atoms with Crippen LogP contribution in [0.4, 0.5) is 0 Å². The molecule has 0 amide bonds. The molecule has 1 aliphatic rings. The van der Waals surface area contributed by atoms with Crippen molar-refractivity contribution in [3.05, 3.63) is 35.4 Å². The molecule has 0 heterocycles. The summed E-state index contributed by atoms with van der Waals surface area (Å²) in [5.74, 6) is 0.743. The quantitative estimate of drug-likeness (QED) is 0.719.